The molecule has 2 aromatic rings. The van der Waals surface area contributed by atoms with E-state index in [-0.39, 0.29) is 5.91 Å². The van der Waals surface area contributed by atoms with E-state index in [0.29, 0.717) is 11.7 Å². The molecular formula is C21H26ClNOS. The molecule has 0 heterocycles. The summed E-state index contributed by atoms with van der Waals surface area (Å²) in [4.78, 5) is 11.9. The van der Waals surface area contributed by atoms with Gasteiger partial charge in [0.15, 0.2) is 0 Å². The quantitative estimate of drug-likeness (QED) is 0.591. The molecule has 134 valence electrons. The molecule has 0 aliphatic heterocycles. The molecule has 0 bridgehead atoms. The molecule has 1 N–H and O–H groups in total. The van der Waals surface area contributed by atoms with Crippen molar-refractivity contribution in [2.24, 2.45) is 0 Å². The number of carbonyl (C=O) groups excluding carboxylic acids is 1. The van der Waals surface area contributed by atoms with Crippen LogP contribution in [0.3, 0.4) is 0 Å². The molecule has 0 unspecified atom stereocenters. The highest BCUT2D eigenvalue weighted by atomic mass is 35.5. The molecule has 0 spiro atoms. The number of benzene rings is 2. The van der Waals surface area contributed by atoms with E-state index in [0.717, 1.165) is 35.7 Å². The van der Waals surface area contributed by atoms with Gasteiger partial charge < -0.3 is 5.32 Å². The molecule has 0 saturated carbocycles. The lowest BCUT2D eigenvalue weighted by Gasteiger charge is -2.08. The monoisotopic (exact) mass is 375 g/mol. The fourth-order valence-corrected chi connectivity index (χ4v) is 3.65. The highest BCUT2D eigenvalue weighted by molar-refractivity contribution is 7.99. The summed E-state index contributed by atoms with van der Waals surface area (Å²) in [5, 5.41) is 3.75. The second kappa shape index (κ2) is 10.5. The largest absolute Gasteiger partial charge is 0.355 e. The molecule has 0 aromatic heterocycles. The molecule has 4 heteroatoms. The Morgan fingerprint density at radius 2 is 1.84 bits per heavy atom. The average molecular weight is 376 g/mol. The number of carbonyl (C=O) groups is 1. The van der Waals surface area contributed by atoms with Crippen LogP contribution < -0.4 is 5.32 Å². The summed E-state index contributed by atoms with van der Waals surface area (Å²) < 4.78 is 0. The van der Waals surface area contributed by atoms with Crippen LogP contribution in [0.15, 0.2) is 48.5 Å². The molecule has 0 aliphatic carbocycles. The summed E-state index contributed by atoms with van der Waals surface area (Å²) in [5.74, 6) is 1.88. The van der Waals surface area contributed by atoms with Crippen molar-refractivity contribution in [2.45, 2.75) is 38.4 Å². The van der Waals surface area contributed by atoms with Gasteiger partial charge in [0.05, 0.1) is 5.75 Å². The van der Waals surface area contributed by atoms with Crippen molar-refractivity contribution in [3.63, 3.8) is 0 Å². The Bertz CT molecular complexity index is 670. The summed E-state index contributed by atoms with van der Waals surface area (Å²) in [6.07, 6.45) is 1.95. The lowest BCUT2D eigenvalue weighted by Crippen LogP contribution is -2.26. The van der Waals surface area contributed by atoms with Crippen molar-refractivity contribution in [3.8, 4) is 0 Å². The fraction of sp³-hybridized carbons (Fsp3) is 0.381. The molecule has 0 fully saturated rings. The molecule has 0 radical (unpaired) electrons. The first-order chi connectivity index (χ1) is 12.1. The van der Waals surface area contributed by atoms with Gasteiger partial charge in [-0.1, -0.05) is 67.9 Å². The summed E-state index contributed by atoms with van der Waals surface area (Å²) in [6, 6.07) is 16.5. The Morgan fingerprint density at radius 1 is 1.12 bits per heavy atom. The summed E-state index contributed by atoms with van der Waals surface area (Å²) in [5.41, 5.74) is 3.77. The number of nitrogens with one attached hydrogen (secondary N) is 1. The molecule has 2 aromatic carbocycles. The molecule has 0 aliphatic rings. The number of halogens is 1. The van der Waals surface area contributed by atoms with Gasteiger partial charge in [0.25, 0.3) is 0 Å². The van der Waals surface area contributed by atoms with Crippen LogP contribution in [-0.2, 0) is 17.0 Å². The lowest BCUT2D eigenvalue weighted by molar-refractivity contribution is -0.118. The highest BCUT2D eigenvalue weighted by Crippen LogP contribution is 2.20. The van der Waals surface area contributed by atoms with E-state index < -0.39 is 0 Å². The molecule has 0 saturated heterocycles. The van der Waals surface area contributed by atoms with Crippen molar-refractivity contribution in [2.75, 3.05) is 12.3 Å². The van der Waals surface area contributed by atoms with Gasteiger partial charge in [-0.05, 0) is 41.5 Å². The van der Waals surface area contributed by atoms with E-state index in [4.69, 9.17) is 11.6 Å². The molecular weight excluding hydrogens is 350 g/mol. The van der Waals surface area contributed by atoms with Crippen LogP contribution in [0.25, 0.3) is 0 Å². The zero-order chi connectivity index (χ0) is 18.1. The first-order valence-electron chi connectivity index (χ1n) is 8.73. The van der Waals surface area contributed by atoms with Crippen LogP contribution in [0, 0.1) is 0 Å². The topological polar surface area (TPSA) is 29.1 Å². The van der Waals surface area contributed by atoms with Gasteiger partial charge in [-0.2, -0.15) is 0 Å². The van der Waals surface area contributed by atoms with E-state index in [2.05, 4.69) is 43.4 Å². The predicted octanol–water partition coefficient (Wildman–Crippen LogP) is 5.45. The number of hydrogen-bond acceptors (Lipinski definition) is 2. The van der Waals surface area contributed by atoms with Crippen molar-refractivity contribution in [1.29, 1.82) is 0 Å². The third-order valence-corrected chi connectivity index (χ3v) is 5.41. The third-order valence-electron chi connectivity index (χ3n) is 4.06. The van der Waals surface area contributed by atoms with Crippen molar-refractivity contribution >= 4 is 29.3 Å². The molecule has 2 rings (SSSR count). The van der Waals surface area contributed by atoms with E-state index in [1.807, 2.05) is 24.3 Å². The Kier molecular flexibility index (Phi) is 8.36. The van der Waals surface area contributed by atoms with Gasteiger partial charge in [0.1, 0.15) is 0 Å². The predicted molar refractivity (Wildman–Crippen MR) is 109 cm³/mol. The minimum atomic E-state index is 0.0900. The van der Waals surface area contributed by atoms with Crippen LogP contribution in [0.5, 0.6) is 0 Å². The number of rotatable bonds is 9. The second-order valence-electron chi connectivity index (χ2n) is 6.43. The third kappa shape index (κ3) is 7.13. The number of hydrogen-bond donors (Lipinski definition) is 1. The average Bonchev–Trinajstić information content (AvgIpc) is 2.61. The Labute approximate surface area is 160 Å². The maximum absolute atomic E-state index is 11.9. The molecule has 0 atom stereocenters. The van der Waals surface area contributed by atoms with E-state index in [1.165, 1.54) is 11.1 Å². The number of amides is 1. The number of thioether (sulfide) groups is 1. The Balaban J connectivity index is 1.60. The van der Waals surface area contributed by atoms with Gasteiger partial charge in [-0.25, -0.2) is 0 Å². The summed E-state index contributed by atoms with van der Waals surface area (Å²) in [6.45, 7) is 5.13. The van der Waals surface area contributed by atoms with Crippen LogP contribution >= 0.6 is 23.4 Å². The van der Waals surface area contributed by atoms with Crippen LogP contribution in [0.2, 0.25) is 5.02 Å². The fourth-order valence-electron chi connectivity index (χ4n) is 2.51. The first-order valence-corrected chi connectivity index (χ1v) is 10.3. The zero-order valence-electron chi connectivity index (χ0n) is 14.9. The highest BCUT2D eigenvalue weighted by Gasteiger charge is 2.04. The van der Waals surface area contributed by atoms with Crippen LogP contribution in [-0.4, -0.2) is 18.2 Å². The normalized spacial score (nSPS) is 10.9. The standard InChI is InChI=1S/C21H26ClNOS/c1-16(2)18-11-9-17(10-12-18)6-5-13-23-21(24)15-25-14-19-7-3-4-8-20(19)22/h3-4,7-12,16H,5-6,13-15H2,1-2H3,(H,23,24). The minimum Gasteiger partial charge on any atom is -0.355 e. The van der Waals surface area contributed by atoms with Crippen molar-refractivity contribution in [1.82, 2.24) is 5.32 Å². The van der Waals surface area contributed by atoms with Gasteiger partial charge in [-0.15, -0.1) is 11.8 Å². The van der Waals surface area contributed by atoms with Gasteiger partial charge in [0.2, 0.25) is 5.91 Å². The summed E-state index contributed by atoms with van der Waals surface area (Å²) in [7, 11) is 0. The van der Waals surface area contributed by atoms with Crippen molar-refractivity contribution in [3.05, 3.63) is 70.2 Å². The Hall–Kier alpha value is -1.45. The minimum absolute atomic E-state index is 0.0900. The van der Waals surface area contributed by atoms with Crippen molar-refractivity contribution < 1.29 is 4.79 Å². The van der Waals surface area contributed by atoms with Gasteiger partial charge in [0, 0.05) is 17.3 Å². The summed E-state index contributed by atoms with van der Waals surface area (Å²) >= 11 is 7.70. The van der Waals surface area contributed by atoms with E-state index >= 15 is 0 Å². The van der Waals surface area contributed by atoms with Gasteiger partial charge >= 0.3 is 0 Å². The zero-order valence-corrected chi connectivity index (χ0v) is 16.5. The maximum atomic E-state index is 11.9. The van der Waals surface area contributed by atoms with E-state index in [9.17, 15) is 4.79 Å². The SMILES string of the molecule is CC(C)c1ccc(CCCNC(=O)CSCc2ccccc2Cl)cc1. The second-order valence-corrected chi connectivity index (χ2v) is 7.83. The number of aryl methyl sites for hydroxylation is 1. The lowest BCUT2D eigenvalue weighted by atomic mass is 10.0. The van der Waals surface area contributed by atoms with Gasteiger partial charge in [-0.3, -0.25) is 4.79 Å². The Morgan fingerprint density at radius 3 is 2.52 bits per heavy atom. The van der Waals surface area contributed by atoms with E-state index in [1.54, 1.807) is 11.8 Å². The first kappa shape index (κ1) is 19.9. The molecule has 25 heavy (non-hydrogen) atoms. The maximum Gasteiger partial charge on any atom is 0.230 e. The molecule has 2 nitrogen and oxygen atoms in total. The molecule has 1 amide bonds. The van der Waals surface area contributed by atoms with Crippen LogP contribution in [0.1, 0.15) is 42.9 Å². The smallest absolute Gasteiger partial charge is 0.230 e. The van der Waals surface area contributed by atoms with Crippen LogP contribution in [0.4, 0.5) is 0 Å².